The lowest BCUT2D eigenvalue weighted by Crippen LogP contribution is -2.43. The highest BCUT2D eigenvalue weighted by atomic mass is 16.5. The van der Waals surface area contributed by atoms with Crippen LogP contribution in [0, 0.1) is 5.41 Å². The summed E-state index contributed by atoms with van der Waals surface area (Å²) in [5.74, 6) is -0.149. The Morgan fingerprint density at radius 1 is 1.53 bits per heavy atom. The molecule has 1 aliphatic rings. The van der Waals surface area contributed by atoms with E-state index in [0.717, 1.165) is 13.1 Å². The van der Waals surface area contributed by atoms with Crippen LogP contribution >= 0.6 is 0 Å². The zero-order valence-corrected chi connectivity index (χ0v) is 11.6. The van der Waals surface area contributed by atoms with Gasteiger partial charge in [-0.15, -0.1) is 0 Å². The molecular formula is C13H26N2O2. The quantitative estimate of drug-likeness (QED) is 0.712. The molecule has 0 radical (unpaired) electrons. The molecule has 1 fully saturated rings. The van der Waals surface area contributed by atoms with Crippen molar-refractivity contribution in [3.8, 4) is 0 Å². The highest BCUT2D eigenvalue weighted by Crippen LogP contribution is 2.18. The number of carbonyl (C=O) groups is 1. The van der Waals surface area contributed by atoms with Gasteiger partial charge in [-0.3, -0.25) is 9.69 Å². The minimum atomic E-state index is -0.440. The highest BCUT2D eigenvalue weighted by Gasteiger charge is 2.29. The first kappa shape index (κ1) is 14.5. The Labute approximate surface area is 105 Å². The van der Waals surface area contributed by atoms with Crippen LogP contribution in [0.1, 0.15) is 33.6 Å². The normalized spacial score (nSPS) is 21.8. The molecule has 0 bridgehead atoms. The van der Waals surface area contributed by atoms with Gasteiger partial charge in [-0.2, -0.15) is 0 Å². The molecule has 100 valence electrons. The third-order valence-electron chi connectivity index (χ3n) is 3.59. The van der Waals surface area contributed by atoms with E-state index >= 15 is 0 Å². The molecule has 1 saturated heterocycles. The van der Waals surface area contributed by atoms with Crippen molar-refractivity contribution in [2.75, 3.05) is 33.3 Å². The van der Waals surface area contributed by atoms with Gasteiger partial charge in [0, 0.05) is 19.1 Å². The van der Waals surface area contributed by atoms with Crippen LogP contribution in [-0.4, -0.2) is 50.2 Å². The predicted molar refractivity (Wildman–Crippen MR) is 68.9 cm³/mol. The Morgan fingerprint density at radius 2 is 2.24 bits per heavy atom. The van der Waals surface area contributed by atoms with Gasteiger partial charge in [0.2, 0.25) is 0 Å². The second-order valence-corrected chi connectivity index (χ2v) is 5.43. The van der Waals surface area contributed by atoms with Gasteiger partial charge in [0.05, 0.1) is 12.5 Å². The number of likely N-dealkylation sites (tertiary alicyclic amines) is 1. The molecule has 0 aliphatic carbocycles. The molecule has 0 aromatic rings. The van der Waals surface area contributed by atoms with E-state index in [4.69, 9.17) is 4.74 Å². The van der Waals surface area contributed by atoms with E-state index in [2.05, 4.69) is 17.1 Å². The number of carbonyl (C=O) groups excluding carboxylic acids is 1. The molecule has 1 atom stereocenters. The topological polar surface area (TPSA) is 41.6 Å². The van der Waals surface area contributed by atoms with Crippen LogP contribution in [0.2, 0.25) is 0 Å². The fourth-order valence-corrected chi connectivity index (χ4v) is 2.44. The van der Waals surface area contributed by atoms with Crippen LogP contribution in [0.5, 0.6) is 0 Å². The Morgan fingerprint density at radius 3 is 2.82 bits per heavy atom. The van der Waals surface area contributed by atoms with E-state index in [0.29, 0.717) is 12.6 Å². The fourth-order valence-electron chi connectivity index (χ4n) is 2.44. The van der Waals surface area contributed by atoms with Gasteiger partial charge in [0.25, 0.3) is 0 Å². The number of hydrogen-bond donors (Lipinski definition) is 1. The predicted octanol–water partition coefficient (Wildman–Crippen LogP) is 1.26. The maximum atomic E-state index is 11.5. The second kappa shape index (κ2) is 6.36. The standard InChI is InChI=1S/C13H26N2O2/c1-5-15-8-6-7-11(15)9-14-10-13(2,3)12(16)17-4/h11,14H,5-10H2,1-4H3. The van der Waals surface area contributed by atoms with Crippen molar-refractivity contribution < 1.29 is 9.53 Å². The smallest absolute Gasteiger partial charge is 0.312 e. The monoisotopic (exact) mass is 242 g/mol. The summed E-state index contributed by atoms with van der Waals surface area (Å²) >= 11 is 0. The van der Waals surface area contributed by atoms with Gasteiger partial charge in [0.1, 0.15) is 0 Å². The van der Waals surface area contributed by atoms with Crippen molar-refractivity contribution in [1.29, 1.82) is 0 Å². The van der Waals surface area contributed by atoms with E-state index in [-0.39, 0.29) is 5.97 Å². The van der Waals surface area contributed by atoms with Crippen molar-refractivity contribution in [3.63, 3.8) is 0 Å². The average molecular weight is 242 g/mol. The maximum absolute atomic E-state index is 11.5. The van der Waals surface area contributed by atoms with Gasteiger partial charge in [-0.05, 0) is 39.8 Å². The van der Waals surface area contributed by atoms with Gasteiger partial charge in [-0.1, -0.05) is 6.92 Å². The largest absolute Gasteiger partial charge is 0.469 e. The van der Waals surface area contributed by atoms with Gasteiger partial charge >= 0.3 is 5.97 Å². The zero-order chi connectivity index (χ0) is 12.9. The molecule has 0 spiro atoms. The number of nitrogens with one attached hydrogen (secondary N) is 1. The molecule has 1 rings (SSSR count). The van der Waals surface area contributed by atoms with Crippen LogP contribution in [0.25, 0.3) is 0 Å². The summed E-state index contributed by atoms with van der Waals surface area (Å²) < 4.78 is 4.79. The lowest BCUT2D eigenvalue weighted by Gasteiger charge is -2.26. The minimum absolute atomic E-state index is 0.149. The van der Waals surface area contributed by atoms with Crippen LogP contribution in [0.4, 0.5) is 0 Å². The molecule has 4 heteroatoms. The summed E-state index contributed by atoms with van der Waals surface area (Å²) in [6.07, 6.45) is 2.56. The fraction of sp³-hybridized carbons (Fsp3) is 0.923. The van der Waals surface area contributed by atoms with Crippen molar-refractivity contribution in [3.05, 3.63) is 0 Å². The lowest BCUT2D eigenvalue weighted by molar-refractivity contribution is -0.150. The summed E-state index contributed by atoms with van der Waals surface area (Å²) in [5, 5.41) is 3.40. The first-order valence-corrected chi connectivity index (χ1v) is 6.54. The van der Waals surface area contributed by atoms with E-state index in [1.165, 1.54) is 26.5 Å². The van der Waals surface area contributed by atoms with Crippen LogP contribution in [0.15, 0.2) is 0 Å². The maximum Gasteiger partial charge on any atom is 0.312 e. The molecule has 1 heterocycles. The third kappa shape index (κ3) is 3.96. The van der Waals surface area contributed by atoms with E-state index in [1.807, 2.05) is 13.8 Å². The van der Waals surface area contributed by atoms with Crippen molar-refractivity contribution >= 4 is 5.97 Å². The number of nitrogens with zero attached hydrogens (tertiary/aromatic N) is 1. The highest BCUT2D eigenvalue weighted by molar-refractivity contribution is 5.76. The minimum Gasteiger partial charge on any atom is -0.469 e. The van der Waals surface area contributed by atoms with Gasteiger partial charge in [-0.25, -0.2) is 0 Å². The Kier molecular flexibility index (Phi) is 5.40. The summed E-state index contributed by atoms with van der Waals surface area (Å²) in [7, 11) is 1.44. The SMILES string of the molecule is CCN1CCCC1CNCC(C)(C)C(=O)OC. The number of rotatable bonds is 6. The molecule has 17 heavy (non-hydrogen) atoms. The Balaban J connectivity index is 2.29. The van der Waals surface area contributed by atoms with Gasteiger partial charge < -0.3 is 10.1 Å². The van der Waals surface area contributed by atoms with Gasteiger partial charge in [0.15, 0.2) is 0 Å². The van der Waals surface area contributed by atoms with Crippen LogP contribution < -0.4 is 5.32 Å². The van der Waals surface area contributed by atoms with E-state index < -0.39 is 5.41 Å². The van der Waals surface area contributed by atoms with Crippen LogP contribution in [-0.2, 0) is 9.53 Å². The molecule has 1 unspecified atom stereocenters. The second-order valence-electron chi connectivity index (χ2n) is 5.43. The Bertz CT molecular complexity index is 254. The number of methoxy groups -OCH3 is 1. The molecule has 0 aromatic heterocycles. The zero-order valence-electron chi connectivity index (χ0n) is 11.6. The number of hydrogen-bond acceptors (Lipinski definition) is 4. The molecule has 0 amide bonds. The van der Waals surface area contributed by atoms with Crippen LogP contribution in [0.3, 0.4) is 0 Å². The number of ether oxygens (including phenoxy) is 1. The first-order chi connectivity index (χ1) is 8.01. The first-order valence-electron chi connectivity index (χ1n) is 6.54. The van der Waals surface area contributed by atoms with Crippen molar-refractivity contribution in [2.24, 2.45) is 5.41 Å². The van der Waals surface area contributed by atoms with E-state index in [9.17, 15) is 4.79 Å². The molecule has 1 N–H and O–H groups in total. The molecule has 4 nitrogen and oxygen atoms in total. The third-order valence-corrected chi connectivity index (χ3v) is 3.59. The number of esters is 1. The van der Waals surface area contributed by atoms with Crippen molar-refractivity contribution in [2.45, 2.75) is 39.7 Å². The number of likely N-dealkylation sites (N-methyl/N-ethyl adjacent to an activating group) is 1. The lowest BCUT2D eigenvalue weighted by atomic mass is 9.93. The molecule has 0 saturated carbocycles. The van der Waals surface area contributed by atoms with E-state index in [1.54, 1.807) is 0 Å². The summed E-state index contributed by atoms with van der Waals surface area (Å²) in [5.41, 5.74) is -0.440. The molecular weight excluding hydrogens is 216 g/mol. The van der Waals surface area contributed by atoms with Crippen molar-refractivity contribution in [1.82, 2.24) is 10.2 Å². The Hall–Kier alpha value is -0.610. The summed E-state index contributed by atoms with van der Waals surface area (Å²) in [4.78, 5) is 14.0. The summed E-state index contributed by atoms with van der Waals surface area (Å²) in [6, 6.07) is 0.633. The molecule has 1 aliphatic heterocycles. The average Bonchev–Trinajstić information content (AvgIpc) is 2.75. The summed E-state index contributed by atoms with van der Waals surface area (Å²) in [6.45, 7) is 10.0. The molecule has 0 aromatic carbocycles.